The quantitative estimate of drug-likeness (QED) is 0.727. The molecule has 0 saturated carbocycles. The number of aromatic nitrogens is 1. The van der Waals surface area contributed by atoms with Gasteiger partial charge in [-0.1, -0.05) is 19.9 Å². The Hall–Kier alpha value is -2.83. The van der Waals surface area contributed by atoms with Gasteiger partial charge in [0.25, 0.3) is 5.91 Å². The standard InChI is InChI=1S/C16H19N3O4/c1-8(2)13(16(22)23)18-15(21)9-7-19(3)11-6-4-5-10(17)12(11)14(9)20/h4-8,13H,17H2,1-3H3,(H,18,21)(H,22,23). The molecule has 0 aliphatic heterocycles. The fraction of sp³-hybridized carbons (Fsp3) is 0.312. The second-order valence-electron chi connectivity index (χ2n) is 5.76. The van der Waals surface area contributed by atoms with Gasteiger partial charge in [0.15, 0.2) is 0 Å². The van der Waals surface area contributed by atoms with Crippen LogP contribution in [0.3, 0.4) is 0 Å². The molecule has 7 nitrogen and oxygen atoms in total. The molecular weight excluding hydrogens is 298 g/mol. The first-order chi connectivity index (χ1) is 10.7. The highest BCUT2D eigenvalue weighted by Crippen LogP contribution is 2.17. The Labute approximate surface area is 132 Å². The van der Waals surface area contributed by atoms with Crippen LogP contribution in [0, 0.1) is 5.92 Å². The summed E-state index contributed by atoms with van der Waals surface area (Å²) in [7, 11) is 1.69. The molecule has 0 aliphatic carbocycles. The fourth-order valence-corrected chi connectivity index (χ4v) is 2.45. The average Bonchev–Trinajstić information content (AvgIpc) is 2.47. The summed E-state index contributed by atoms with van der Waals surface area (Å²) in [6.07, 6.45) is 1.39. The molecule has 122 valence electrons. The lowest BCUT2D eigenvalue weighted by Crippen LogP contribution is -2.45. The third-order valence-electron chi connectivity index (χ3n) is 3.71. The lowest BCUT2D eigenvalue weighted by atomic mass is 10.0. The predicted octanol–water partition coefficient (Wildman–Crippen LogP) is 0.960. The van der Waals surface area contributed by atoms with Crippen molar-refractivity contribution < 1.29 is 14.7 Å². The van der Waals surface area contributed by atoms with E-state index in [1.165, 1.54) is 6.20 Å². The summed E-state index contributed by atoms with van der Waals surface area (Å²) < 4.78 is 1.62. The van der Waals surface area contributed by atoms with Crippen LogP contribution in [-0.2, 0) is 11.8 Å². The third-order valence-corrected chi connectivity index (χ3v) is 3.71. The number of hydrogen-bond acceptors (Lipinski definition) is 4. The molecule has 1 heterocycles. The van der Waals surface area contributed by atoms with Gasteiger partial charge < -0.3 is 20.7 Å². The molecule has 0 aliphatic rings. The zero-order chi connectivity index (χ0) is 17.3. The monoisotopic (exact) mass is 317 g/mol. The van der Waals surface area contributed by atoms with E-state index in [-0.39, 0.29) is 22.6 Å². The van der Waals surface area contributed by atoms with Gasteiger partial charge in [0.2, 0.25) is 5.43 Å². The summed E-state index contributed by atoms with van der Waals surface area (Å²) in [6, 6.07) is 3.95. The van der Waals surface area contributed by atoms with Crippen molar-refractivity contribution in [3.05, 3.63) is 40.2 Å². The number of pyridine rings is 1. The van der Waals surface area contributed by atoms with E-state index in [0.29, 0.717) is 5.52 Å². The minimum absolute atomic E-state index is 0.134. The Balaban J connectivity index is 2.54. The van der Waals surface area contributed by atoms with E-state index in [4.69, 9.17) is 10.8 Å². The molecule has 1 unspecified atom stereocenters. The molecule has 0 radical (unpaired) electrons. The third kappa shape index (κ3) is 3.03. The van der Waals surface area contributed by atoms with Crippen molar-refractivity contribution >= 4 is 28.5 Å². The number of fused-ring (bicyclic) bond motifs is 1. The molecule has 1 atom stereocenters. The molecule has 7 heteroatoms. The lowest BCUT2D eigenvalue weighted by Gasteiger charge is -2.18. The van der Waals surface area contributed by atoms with Crippen molar-refractivity contribution in [2.75, 3.05) is 5.73 Å². The smallest absolute Gasteiger partial charge is 0.326 e. The number of nitrogens with two attached hydrogens (primary N) is 1. The highest BCUT2D eigenvalue weighted by molar-refractivity contribution is 6.01. The molecule has 0 saturated heterocycles. The van der Waals surface area contributed by atoms with Crippen molar-refractivity contribution in [3.63, 3.8) is 0 Å². The number of carboxylic acid groups (broad SMARTS) is 1. The zero-order valence-corrected chi connectivity index (χ0v) is 13.2. The van der Waals surface area contributed by atoms with Crippen LogP contribution in [0.5, 0.6) is 0 Å². The van der Waals surface area contributed by atoms with E-state index in [0.717, 1.165) is 0 Å². The number of carbonyl (C=O) groups is 2. The molecule has 0 spiro atoms. The van der Waals surface area contributed by atoms with Gasteiger partial charge >= 0.3 is 5.97 Å². The van der Waals surface area contributed by atoms with Gasteiger partial charge in [0.1, 0.15) is 11.6 Å². The number of nitrogen functional groups attached to an aromatic ring is 1. The summed E-state index contributed by atoms with van der Waals surface area (Å²) >= 11 is 0. The van der Waals surface area contributed by atoms with E-state index in [9.17, 15) is 14.4 Å². The number of aliphatic carboxylic acids is 1. The first-order valence-corrected chi connectivity index (χ1v) is 7.15. The van der Waals surface area contributed by atoms with Gasteiger partial charge in [-0.05, 0) is 18.1 Å². The minimum atomic E-state index is -1.15. The van der Waals surface area contributed by atoms with Gasteiger partial charge in [0.05, 0.1) is 10.9 Å². The van der Waals surface area contributed by atoms with Gasteiger partial charge in [-0.15, -0.1) is 0 Å². The summed E-state index contributed by atoms with van der Waals surface area (Å²) in [6.45, 7) is 3.35. The number of benzene rings is 1. The van der Waals surface area contributed by atoms with Crippen LogP contribution in [0.15, 0.2) is 29.2 Å². The maximum Gasteiger partial charge on any atom is 0.326 e. The Morgan fingerprint density at radius 3 is 2.52 bits per heavy atom. The fourth-order valence-electron chi connectivity index (χ4n) is 2.45. The van der Waals surface area contributed by atoms with E-state index in [1.54, 1.807) is 43.7 Å². The van der Waals surface area contributed by atoms with Crippen molar-refractivity contribution in [2.24, 2.45) is 13.0 Å². The number of rotatable bonds is 4. The van der Waals surface area contributed by atoms with Crippen molar-refractivity contribution in [2.45, 2.75) is 19.9 Å². The van der Waals surface area contributed by atoms with Crippen LogP contribution in [0.1, 0.15) is 24.2 Å². The highest BCUT2D eigenvalue weighted by atomic mass is 16.4. The maximum absolute atomic E-state index is 12.6. The number of aryl methyl sites for hydroxylation is 1. The molecule has 0 fully saturated rings. The summed E-state index contributed by atoms with van der Waals surface area (Å²) in [4.78, 5) is 36.1. The SMILES string of the molecule is CC(C)C(NC(=O)c1cn(C)c2cccc(N)c2c1=O)C(=O)O. The molecule has 4 N–H and O–H groups in total. The first-order valence-electron chi connectivity index (χ1n) is 7.15. The summed E-state index contributed by atoms with van der Waals surface area (Å²) in [5.41, 5.74) is 6.08. The molecule has 23 heavy (non-hydrogen) atoms. The Morgan fingerprint density at radius 1 is 1.30 bits per heavy atom. The van der Waals surface area contributed by atoms with Crippen LogP contribution in [0.4, 0.5) is 5.69 Å². The largest absolute Gasteiger partial charge is 0.480 e. The zero-order valence-electron chi connectivity index (χ0n) is 13.2. The summed E-state index contributed by atoms with van der Waals surface area (Å²) in [5, 5.41) is 11.8. The lowest BCUT2D eigenvalue weighted by molar-refractivity contribution is -0.140. The van der Waals surface area contributed by atoms with E-state index in [1.807, 2.05) is 0 Å². The van der Waals surface area contributed by atoms with Crippen LogP contribution in [0.25, 0.3) is 10.9 Å². The second-order valence-corrected chi connectivity index (χ2v) is 5.76. The number of hydrogen-bond donors (Lipinski definition) is 3. The minimum Gasteiger partial charge on any atom is -0.480 e. The number of carboxylic acids is 1. The van der Waals surface area contributed by atoms with Gasteiger partial charge in [-0.3, -0.25) is 9.59 Å². The molecule has 0 bridgehead atoms. The normalized spacial score (nSPS) is 12.3. The van der Waals surface area contributed by atoms with E-state index < -0.39 is 23.3 Å². The highest BCUT2D eigenvalue weighted by Gasteiger charge is 2.25. The Morgan fingerprint density at radius 2 is 1.96 bits per heavy atom. The predicted molar refractivity (Wildman–Crippen MR) is 87.3 cm³/mol. The number of anilines is 1. The second kappa shape index (κ2) is 6.12. The van der Waals surface area contributed by atoms with Crippen LogP contribution >= 0.6 is 0 Å². The Kier molecular flexibility index (Phi) is 4.40. The van der Waals surface area contributed by atoms with Crippen molar-refractivity contribution in [3.8, 4) is 0 Å². The molecule has 1 aromatic carbocycles. The molecule has 2 rings (SSSR count). The number of nitrogens with zero attached hydrogens (tertiary/aromatic N) is 1. The van der Waals surface area contributed by atoms with Crippen molar-refractivity contribution in [1.29, 1.82) is 0 Å². The molecule has 1 amide bonds. The number of nitrogens with one attached hydrogen (secondary N) is 1. The average molecular weight is 317 g/mol. The van der Waals surface area contributed by atoms with Gasteiger partial charge in [0, 0.05) is 18.9 Å². The van der Waals surface area contributed by atoms with Crippen LogP contribution in [0.2, 0.25) is 0 Å². The molecule has 2 aromatic rings. The van der Waals surface area contributed by atoms with Gasteiger partial charge in [-0.2, -0.15) is 0 Å². The topological polar surface area (TPSA) is 114 Å². The van der Waals surface area contributed by atoms with Crippen LogP contribution in [-0.4, -0.2) is 27.6 Å². The maximum atomic E-state index is 12.6. The first kappa shape index (κ1) is 16.5. The summed E-state index contributed by atoms with van der Waals surface area (Å²) in [5.74, 6) is -2.19. The van der Waals surface area contributed by atoms with Gasteiger partial charge in [-0.25, -0.2) is 4.79 Å². The van der Waals surface area contributed by atoms with Crippen LogP contribution < -0.4 is 16.5 Å². The van der Waals surface area contributed by atoms with E-state index >= 15 is 0 Å². The number of amides is 1. The Bertz CT molecular complexity index is 839. The van der Waals surface area contributed by atoms with Crippen molar-refractivity contribution in [1.82, 2.24) is 9.88 Å². The van der Waals surface area contributed by atoms with E-state index in [2.05, 4.69) is 5.32 Å². The number of carbonyl (C=O) groups excluding carboxylic acids is 1. The molecule has 1 aromatic heterocycles. The molecular formula is C16H19N3O4.